The number of rotatable bonds is 11. The highest BCUT2D eigenvalue weighted by molar-refractivity contribution is 7.99. The van der Waals surface area contributed by atoms with Crippen molar-refractivity contribution < 1.29 is 27.6 Å². The van der Waals surface area contributed by atoms with Crippen molar-refractivity contribution in [1.29, 1.82) is 0 Å². The minimum absolute atomic E-state index is 0.0182. The predicted octanol–water partition coefficient (Wildman–Crippen LogP) is 5.08. The first-order chi connectivity index (χ1) is 19.2. The number of nitrogens with one attached hydrogen (secondary N) is 2. The first-order valence-corrected chi connectivity index (χ1v) is 14.4. The Hall–Kier alpha value is -4.26. The summed E-state index contributed by atoms with van der Waals surface area (Å²) in [7, 11) is -4.51. The highest BCUT2D eigenvalue weighted by Gasteiger charge is 2.26. The van der Waals surface area contributed by atoms with E-state index in [0.717, 1.165) is 17.0 Å². The molecule has 0 saturated heterocycles. The number of nitro groups is 1. The fraction of sp³-hybridized carbons (Fsp3) is 0.107. The lowest BCUT2D eigenvalue weighted by Gasteiger charge is -2.18. The molecule has 0 aliphatic rings. The van der Waals surface area contributed by atoms with Crippen LogP contribution in [0.5, 0.6) is 0 Å². The molecule has 0 radical (unpaired) electrons. The third-order valence-electron chi connectivity index (χ3n) is 5.80. The van der Waals surface area contributed by atoms with Crippen LogP contribution >= 0.6 is 11.8 Å². The van der Waals surface area contributed by atoms with Gasteiger partial charge < -0.3 is 10.4 Å². The van der Waals surface area contributed by atoms with Crippen molar-refractivity contribution in [2.75, 3.05) is 17.7 Å². The Morgan fingerprint density at radius 1 is 0.975 bits per heavy atom. The van der Waals surface area contributed by atoms with Crippen LogP contribution in [-0.4, -0.2) is 42.8 Å². The number of nitro benzene ring substituents is 1. The third kappa shape index (κ3) is 7.03. The fourth-order valence-electron chi connectivity index (χ4n) is 3.82. The molecule has 12 heteroatoms. The Morgan fingerprint density at radius 2 is 1.65 bits per heavy atom. The van der Waals surface area contributed by atoms with Gasteiger partial charge >= 0.3 is 0 Å². The van der Waals surface area contributed by atoms with Gasteiger partial charge in [0, 0.05) is 22.3 Å². The molecule has 9 nitrogen and oxygen atoms in total. The minimum atomic E-state index is -4.51. The van der Waals surface area contributed by atoms with Crippen LogP contribution in [0.25, 0.3) is 11.1 Å². The van der Waals surface area contributed by atoms with Crippen molar-refractivity contribution in [2.24, 2.45) is 0 Å². The largest absolute Gasteiger partial charge is 0.394 e. The van der Waals surface area contributed by atoms with E-state index in [4.69, 9.17) is 0 Å². The first-order valence-electron chi connectivity index (χ1n) is 11.9. The van der Waals surface area contributed by atoms with Crippen LogP contribution in [0, 0.1) is 15.9 Å². The maximum absolute atomic E-state index is 13.4. The fourth-order valence-corrected chi connectivity index (χ4v) is 5.74. The van der Waals surface area contributed by atoms with Gasteiger partial charge in [0.05, 0.1) is 22.5 Å². The summed E-state index contributed by atoms with van der Waals surface area (Å²) in [5, 5.41) is 24.5. The number of benzene rings is 4. The van der Waals surface area contributed by atoms with Gasteiger partial charge in [0.25, 0.3) is 21.6 Å². The number of amides is 1. The molecule has 4 rings (SSSR count). The maximum Gasteiger partial charge on any atom is 0.293 e. The van der Waals surface area contributed by atoms with Crippen molar-refractivity contribution in [2.45, 2.75) is 15.8 Å². The van der Waals surface area contributed by atoms with E-state index in [1.807, 2.05) is 35.1 Å². The van der Waals surface area contributed by atoms with Gasteiger partial charge in [0.2, 0.25) is 0 Å². The second kappa shape index (κ2) is 12.7. The van der Waals surface area contributed by atoms with E-state index in [9.17, 15) is 32.8 Å². The van der Waals surface area contributed by atoms with Gasteiger partial charge in [-0.1, -0.05) is 48.5 Å². The number of carbonyl (C=O) groups is 1. The number of carbonyl (C=O) groups excluding carboxylic acids is 1. The normalized spacial score (nSPS) is 11.9. The Kier molecular flexibility index (Phi) is 9.15. The van der Waals surface area contributed by atoms with Crippen molar-refractivity contribution >= 4 is 39.1 Å². The molecular formula is C28H24FN3O6S2. The second-order valence-corrected chi connectivity index (χ2v) is 11.3. The lowest BCUT2D eigenvalue weighted by molar-refractivity contribution is -0.384. The molecular weight excluding hydrogens is 557 g/mol. The Labute approximate surface area is 234 Å². The molecule has 0 aliphatic heterocycles. The molecule has 1 amide bonds. The van der Waals surface area contributed by atoms with Crippen molar-refractivity contribution in [3.05, 3.63) is 119 Å². The van der Waals surface area contributed by atoms with Gasteiger partial charge in [-0.05, 0) is 53.6 Å². The standard InChI is InChI=1S/C28H24FN3O6S2/c29-20-12-10-19(11-13-20)24-8-4-5-9-25(24)28(34)31-40(37,38)23-14-15-26(27(16-23)32(35)36)30-21(17-33)18-39-22-6-2-1-3-7-22/h1-16,21,30,33H,17-18H2,(H,31,34). The molecule has 40 heavy (non-hydrogen) atoms. The number of sulfonamides is 1. The molecule has 0 bridgehead atoms. The monoisotopic (exact) mass is 581 g/mol. The number of anilines is 1. The minimum Gasteiger partial charge on any atom is -0.394 e. The summed E-state index contributed by atoms with van der Waals surface area (Å²) in [5.41, 5.74) is 0.380. The van der Waals surface area contributed by atoms with Crippen LogP contribution < -0.4 is 10.0 Å². The number of aliphatic hydroxyl groups is 1. The van der Waals surface area contributed by atoms with E-state index >= 15 is 0 Å². The van der Waals surface area contributed by atoms with E-state index in [0.29, 0.717) is 16.9 Å². The number of nitrogens with zero attached hydrogens (tertiary/aromatic N) is 1. The molecule has 0 aliphatic carbocycles. The van der Waals surface area contributed by atoms with Gasteiger partial charge in [-0.15, -0.1) is 11.8 Å². The number of thioether (sulfide) groups is 1. The van der Waals surface area contributed by atoms with Crippen LogP contribution in [0.2, 0.25) is 0 Å². The molecule has 1 atom stereocenters. The Balaban J connectivity index is 1.54. The molecule has 4 aromatic rings. The Bertz CT molecular complexity index is 1620. The summed E-state index contributed by atoms with van der Waals surface area (Å²) >= 11 is 1.44. The summed E-state index contributed by atoms with van der Waals surface area (Å²) in [4.78, 5) is 24.5. The summed E-state index contributed by atoms with van der Waals surface area (Å²) in [6, 6.07) is 23.6. The van der Waals surface area contributed by atoms with Crippen LogP contribution in [0.3, 0.4) is 0 Å². The lowest BCUT2D eigenvalue weighted by atomic mass is 9.99. The first kappa shape index (κ1) is 28.7. The van der Waals surface area contributed by atoms with Gasteiger partial charge in [0.15, 0.2) is 0 Å². The topological polar surface area (TPSA) is 139 Å². The molecule has 206 valence electrons. The molecule has 0 aromatic heterocycles. The maximum atomic E-state index is 13.4. The van der Waals surface area contributed by atoms with E-state index in [1.54, 1.807) is 18.2 Å². The number of hydrogen-bond acceptors (Lipinski definition) is 8. The van der Waals surface area contributed by atoms with Crippen molar-refractivity contribution in [1.82, 2.24) is 4.72 Å². The average molecular weight is 582 g/mol. The molecule has 0 spiro atoms. The lowest BCUT2D eigenvalue weighted by Crippen LogP contribution is -2.31. The van der Waals surface area contributed by atoms with Crippen LogP contribution in [0.1, 0.15) is 10.4 Å². The summed E-state index contributed by atoms with van der Waals surface area (Å²) in [6.07, 6.45) is 0. The number of aliphatic hydroxyl groups excluding tert-OH is 1. The van der Waals surface area contributed by atoms with Crippen molar-refractivity contribution in [3.63, 3.8) is 0 Å². The Morgan fingerprint density at radius 3 is 2.33 bits per heavy atom. The van der Waals surface area contributed by atoms with E-state index in [1.165, 1.54) is 48.2 Å². The SMILES string of the molecule is O=C(NS(=O)(=O)c1ccc(NC(CO)CSc2ccccc2)c([N+](=O)[O-])c1)c1ccccc1-c1ccc(F)cc1. The summed E-state index contributed by atoms with van der Waals surface area (Å²) < 4.78 is 41.5. The third-order valence-corrected chi connectivity index (χ3v) is 8.31. The van der Waals surface area contributed by atoms with Gasteiger partial charge in [-0.25, -0.2) is 17.5 Å². The molecule has 0 fully saturated rings. The van der Waals surface area contributed by atoms with Gasteiger partial charge in [-0.3, -0.25) is 14.9 Å². The predicted molar refractivity (Wildman–Crippen MR) is 151 cm³/mol. The molecule has 3 N–H and O–H groups in total. The average Bonchev–Trinajstić information content (AvgIpc) is 2.96. The van der Waals surface area contributed by atoms with E-state index in [2.05, 4.69) is 5.32 Å². The molecule has 4 aromatic carbocycles. The zero-order valence-electron chi connectivity index (χ0n) is 20.9. The zero-order valence-corrected chi connectivity index (χ0v) is 22.5. The number of hydrogen-bond donors (Lipinski definition) is 3. The summed E-state index contributed by atoms with van der Waals surface area (Å²) in [6.45, 7) is -0.319. The van der Waals surface area contributed by atoms with Crippen LogP contribution in [0.4, 0.5) is 15.8 Å². The van der Waals surface area contributed by atoms with Crippen LogP contribution in [-0.2, 0) is 10.0 Å². The smallest absolute Gasteiger partial charge is 0.293 e. The van der Waals surface area contributed by atoms with Crippen LogP contribution in [0.15, 0.2) is 107 Å². The second-order valence-electron chi connectivity index (χ2n) is 8.57. The highest BCUT2D eigenvalue weighted by atomic mass is 32.2. The zero-order chi connectivity index (χ0) is 28.7. The van der Waals surface area contributed by atoms with Gasteiger partial charge in [0.1, 0.15) is 11.5 Å². The van der Waals surface area contributed by atoms with Gasteiger partial charge in [-0.2, -0.15) is 0 Å². The van der Waals surface area contributed by atoms with Crippen molar-refractivity contribution in [3.8, 4) is 11.1 Å². The molecule has 1 unspecified atom stereocenters. The highest BCUT2D eigenvalue weighted by Crippen LogP contribution is 2.30. The molecule has 0 saturated carbocycles. The number of halogens is 1. The summed E-state index contributed by atoms with van der Waals surface area (Å²) in [5.74, 6) is -1.03. The van der Waals surface area contributed by atoms with E-state index in [-0.39, 0.29) is 17.9 Å². The van der Waals surface area contributed by atoms with E-state index < -0.39 is 43.3 Å². The molecule has 0 heterocycles. The quantitative estimate of drug-likeness (QED) is 0.127.